The van der Waals surface area contributed by atoms with Gasteiger partial charge in [-0.25, -0.2) is 0 Å². The van der Waals surface area contributed by atoms with Crippen LogP contribution in [0.15, 0.2) is 48.0 Å². The van der Waals surface area contributed by atoms with Gasteiger partial charge >= 0.3 is 0 Å². The third kappa shape index (κ3) is 3.02. The average Bonchev–Trinajstić information content (AvgIpc) is 2.95. The maximum atomic E-state index is 2.39. The third-order valence-electron chi connectivity index (χ3n) is 4.52. The van der Waals surface area contributed by atoms with E-state index in [1.54, 1.807) is 0 Å². The largest absolute Gasteiger partial charge is 0.0654 e. The molecule has 1 aliphatic carbocycles. The third-order valence-corrected chi connectivity index (χ3v) is 4.52. The predicted octanol–water partition coefficient (Wildman–Crippen LogP) is 6.62. The average molecular weight is 289 g/mol. The molecule has 0 fully saturated rings. The second kappa shape index (κ2) is 6.52. The molecule has 0 nitrogen and oxygen atoms in total. The Balaban J connectivity index is 1.93. The summed E-state index contributed by atoms with van der Waals surface area (Å²) in [6.07, 6.45) is 8.46. The number of hydrogen-bond donors (Lipinski definition) is 0. The monoisotopic (exact) mass is 289 g/mol. The first-order chi connectivity index (χ1) is 10.7. The Bertz CT molecular complexity index is 672. The summed E-state index contributed by atoms with van der Waals surface area (Å²) in [7, 11) is 0. The lowest BCUT2D eigenvalue weighted by atomic mass is 9.94. The quantitative estimate of drug-likeness (QED) is 0.580. The van der Waals surface area contributed by atoms with E-state index in [0.717, 1.165) is 0 Å². The molecule has 1 aliphatic rings. The topological polar surface area (TPSA) is 0 Å². The van der Waals surface area contributed by atoms with Crippen LogP contribution < -0.4 is 0 Å². The minimum atomic E-state index is 0.587. The molecule has 0 saturated heterocycles. The van der Waals surface area contributed by atoms with Gasteiger partial charge in [-0.2, -0.15) is 0 Å². The molecule has 2 aromatic rings. The van der Waals surface area contributed by atoms with Gasteiger partial charge in [-0.1, -0.05) is 81.3 Å². The van der Waals surface area contributed by atoms with Crippen LogP contribution in [0, 0.1) is 6.42 Å². The first-order valence-corrected chi connectivity index (χ1v) is 8.47. The molecular formula is C22H25. The van der Waals surface area contributed by atoms with Crippen molar-refractivity contribution in [1.82, 2.24) is 0 Å². The van der Waals surface area contributed by atoms with E-state index in [2.05, 4.69) is 75.7 Å². The van der Waals surface area contributed by atoms with Crippen molar-refractivity contribution in [3.8, 4) is 11.1 Å². The Kier molecular flexibility index (Phi) is 4.47. The highest BCUT2D eigenvalue weighted by Gasteiger charge is 2.16. The number of benzene rings is 2. The zero-order valence-corrected chi connectivity index (χ0v) is 13.9. The summed E-state index contributed by atoms with van der Waals surface area (Å²) in [5, 5.41) is 0. The van der Waals surface area contributed by atoms with Crippen molar-refractivity contribution in [2.24, 2.45) is 0 Å². The van der Waals surface area contributed by atoms with Gasteiger partial charge in [-0.05, 0) is 46.6 Å². The fourth-order valence-electron chi connectivity index (χ4n) is 3.12. The van der Waals surface area contributed by atoms with E-state index in [1.165, 1.54) is 52.7 Å². The molecule has 0 N–H and O–H groups in total. The van der Waals surface area contributed by atoms with Crippen molar-refractivity contribution in [3.05, 3.63) is 71.1 Å². The Morgan fingerprint density at radius 3 is 2.41 bits per heavy atom. The molecule has 0 heteroatoms. The van der Waals surface area contributed by atoms with E-state index < -0.39 is 0 Å². The molecule has 0 atom stereocenters. The van der Waals surface area contributed by atoms with Crippen molar-refractivity contribution in [2.45, 2.75) is 46.0 Å². The first-order valence-electron chi connectivity index (χ1n) is 8.47. The van der Waals surface area contributed by atoms with Crippen LogP contribution >= 0.6 is 0 Å². The van der Waals surface area contributed by atoms with Crippen molar-refractivity contribution < 1.29 is 0 Å². The summed E-state index contributed by atoms with van der Waals surface area (Å²) in [4.78, 5) is 0. The SMILES string of the molecule is CCCCC1=Cc2c(cccc2-c2ccc(C(C)C)cc2)[CH]1. The Hall–Kier alpha value is -1.82. The van der Waals surface area contributed by atoms with Crippen LogP contribution in [0.2, 0.25) is 0 Å². The summed E-state index contributed by atoms with van der Waals surface area (Å²) < 4.78 is 0. The second-order valence-corrected chi connectivity index (χ2v) is 6.55. The van der Waals surface area contributed by atoms with Crippen molar-refractivity contribution in [3.63, 3.8) is 0 Å². The van der Waals surface area contributed by atoms with Gasteiger partial charge in [0, 0.05) is 6.42 Å². The van der Waals surface area contributed by atoms with E-state index in [1.807, 2.05) is 0 Å². The van der Waals surface area contributed by atoms with E-state index in [-0.39, 0.29) is 0 Å². The highest BCUT2D eigenvalue weighted by atomic mass is 14.2. The van der Waals surface area contributed by atoms with Gasteiger partial charge in [0.2, 0.25) is 0 Å². The summed E-state index contributed by atoms with van der Waals surface area (Å²) in [5.41, 5.74) is 8.32. The standard InChI is InChI=1S/C22H25/c1-4-5-7-17-14-20-8-6-9-21(22(20)15-17)19-12-10-18(11-13-19)16(2)3/h6,8-16H,4-5,7H2,1-3H3. The lowest BCUT2D eigenvalue weighted by Crippen LogP contribution is -1.89. The molecule has 0 aliphatic heterocycles. The molecule has 0 amide bonds. The van der Waals surface area contributed by atoms with Gasteiger partial charge in [0.05, 0.1) is 0 Å². The second-order valence-electron chi connectivity index (χ2n) is 6.55. The zero-order valence-electron chi connectivity index (χ0n) is 13.9. The van der Waals surface area contributed by atoms with Crippen molar-refractivity contribution in [2.75, 3.05) is 0 Å². The summed E-state index contributed by atoms with van der Waals surface area (Å²) >= 11 is 0. The Morgan fingerprint density at radius 2 is 1.73 bits per heavy atom. The van der Waals surface area contributed by atoms with E-state index in [9.17, 15) is 0 Å². The number of rotatable bonds is 5. The van der Waals surface area contributed by atoms with Crippen LogP contribution in [0.1, 0.15) is 62.6 Å². The summed E-state index contributed by atoms with van der Waals surface area (Å²) in [6.45, 7) is 6.74. The smallest absolute Gasteiger partial charge is 0.0164 e. The lowest BCUT2D eigenvalue weighted by Gasteiger charge is -2.10. The van der Waals surface area contributed by atoms with Crippen molar-refractivity contribution >= 4 is 6.08 Å². The maximum absolute atomic E-state index is 2.39. The minimum Gasteiger partial charge on any atom is -0.0654 e. The number of allylic oxidation sites excluding steroid dienone is 1. The highest BCUT2D eigenvalue weighted by molar-refractivity contribution is 5.83. The van der Waals surface area contributed by atoms with Crippen LogP contribution in [0.3, 0.4) is 0 Å². The van der Waals surface area contributed by atoms with Gasteiger partial charge in [0.25, 0.3) is 0 Å². The van der Waals surface area contributed by atoms with Gasteiger partial charge in [0.1, 0.15) is 0 Å². The van der Waals surface area contributed by atoms with E-state index in [4.69, 9.17) is 0 Å². The molecule has 2 aromatic carbocycles. The molecule has 0 heterocycles. The zero-order chi connectivity index (χ0) is 15.5. The Labute approximate surface area is 134 Å². The maximum Gasteiger partial charge on any atom is 0.0164 e. The highest BCUT2D eigenvalue weighted by Crippen LogP contribution is 2.36. The van der Waals surface area contributed by atoms with Crippen molar-refractivity contribution in [1.29, 1.82) is 0 Å². The normalized spacial score (nSPS) is 13.4. The molecule has 22 heavy (non-hydrogen) atoms. The van der Waals surface area contributed by atoms with Crippen LogP contribution in [0.4, 0.5) is 0 Å². The van der Waals surface area contributed by atoms with Gasteiger partial charge < -0.3 is 0 Å². The minimum absolute atomic E-state index is 0.587. The fraction of sp³-hybridized carbons (Fsp3) is 0.318. The number of unbranched alkanes of at least 4 members (excludes halogenated alkanes) is 1. The van der Waals surface area contributed by atoms with Crippen LogP contribution in [-0.4, -0.2) is 0 Å². The molecule has 3 rings (SSSR count). The van der Waals surface area contributed by atoms with E-state index >= 15 is 0 Å². The van der Waals surface area contributed by atoms with Crippen LogP contribution in [0.5, 0.6) is 0 Å². The molecule has 113 valence electrons. The van der Waals surface area contributed by atoms with Gasteiger partial charge in [-0.15, -0.1) is 0 Å². The summed E-state index contributed by atoms with van der Waals surface area (Å²) in [6, 6.07) is 15.7. The molecule has 0 bridgehead atoms. The molecular weight excluding hydrogens is 264 g/mol. The van der Waals surface area contributed by atoms with Crippen LogP contribution in [-0.2, 0) is 0 Å². The number of hydrogen-bond acceptors (Lipinski definition) is 0. The van der Waals surface area contributed by atoms with Gasteiger partial charge in [0.15, 0.2) is 0 Å². The predicted molar refractivity (Wildman–Crippen MR) is 96.9 cm³/mol. The fourth-order valence-corrected chi connectivity index (χ4v) is 3.12. The first kappa shape index (κ1) is 15.1. The number of fused-ring (bicyclic) bond motifs is 1. The molecule has 0 spiro atoms. The van der Waals surface area contributed by atoms with E-state index in [0.29, 0.717) is 5.92 Å². The molecule has 0 aromatic heterocycles. The molecule has 1 radical (unpaired) electrons. The van der Waals surface area contributed by atoms with Crippen LogP contribution in [0.25, 0.3) is 17.2 Å². The van der Waals surface area contributed by atoms with Gasteiger partial charge in [-0.3, -0.25) is 0 Å². The molecule has 0 unspecified atom stereocenters. The molecule has 0 saturated carbocycles. The lowest BCUT2D eigenvalue weighted by molar-refractivity contribution is 0.797. The summed E-state index contributed by atoms with van der Waals surface area (Å²) in [5.74, 6) is 0.587. The Morgan fingerprint density at radius 1 is 0.955 bits per heavy atom.